The first kappa shape index (κ1) is 19.0. The zero-order valence-corrected chi connectivity index (χ0v) is 14.3. The van der Waals surface area contributed by atoms with E-state index in [1.807, 2.05) is 0 Å². The number of nitrogens with one attached hydrogen (secondary N) is 1. The number of benzene rings is 2. The molecule has 1 unspecified atom stereocenters. The van der Waals surface area contributed by atoms with Gasteiger partial charge in [0.2, 0.25) is 0 Å². The Morgan fingerprint density at radius 1 is 1.27 bits per heavy atom. The van der Waals surface area contributed by atoms with Gasteiger partial charge in [0.25, 0.3) is 5.91 Å². The van der Waals surface area contributed by atoms with Crippen LogP contribution in [0.25, 0.3) is 6.08 Å². The Labute approximate surface area is 151 Å². The largest absolute Gasteiger partial charge is 0.508 e. The number of hydrogen-bond donors (Lipinski definition) is 4. The molecule has 0 saturated heterocycles. The quantitative estimate of drug-likeness (QED) is 0.446. The van der Waals surface area contributed by atoms with E-state index in [1.165, 1.54) is 19.4 Å². The SMILES string of the molecule is COc1cc(/C=C/C=N/NC(=O)C(N)Cc2ccc(O)cc2)ccc1O. The van der Waals surface area contributed by atoms with Gasteiger partial charge in [0.05, 0.1) is 13.2 Å². The summed E-state index contributed by atoms with van der Waals surface area (Å²) in [6.45, 7) is 0. The van der Waals surface area contributed by atoms with Crippen molar-refractivity contribution >= 4 is 18.2 Å². The smallest absolute Gasteiger partial charge is 0.257 e. The van der Waals surface area contributed by atoms with Crippen LogP contribution in [0.3, 0.4) is 0 Å². The van der Waals surface area contributed by atoms with Crippen molar-refractivity contribution in [3.8, 4) is 17.2 Å². The number of nitrogens with two attached hydrogens (primary N) is 1. The van der Waals surface area contributed by atoms with Gasteiger partial charge in [0.15, 0.2) is 11.5 Å². The summed E-state index contributed by atoms with van der Waals surface area (Å²) in [7, 11) is 1.47. The molecule has 0 heterocycles. The maximum Gasteiger partial charge on any atom is 0.257 e. The minimum Gasteiger partial charge on any atom is -0.508 e. The molecule has 0 radical (unpaired) electrons. The van der Waals surface area contributed by atoms with Crippen molar-refractivity contribution in [3.63, 3.8) is 0 Å². The Hall–Kier alpha value is -3.32. The number of phenolic OH excluding ortho intramolecular Hbond substituents is 2. The van der Waals surface area contributed by atoms with E-state index in [2.05, 4.69) is 10.5 Å². The highest BCUT2D eigenvalue weighted by Gasteiger charge is 2.13. The molecule has 0 bridgehead atoms. The predicted octanol–water partition coefficient (Wildman–Crippen LogP) is 1.79. The second-order valence-corrected chi connectivity index (χ2v) is 5.52. The number of phenols is 2. The third kappa shape index (κ3) is 5.64. The summed E-state index contributed by atoms with van der Waals surface area (Å²) in [6, 6.07) is 10.7. The summed E-state index contributed by atoms with van der Waals surface area (Å²) in [5, 5.41) is 22.6. The number of hydrogen-bond acceptors (Lipinski definition) is 6. The van der Waals surface area contributed by atoms with E-state index in [0.717, 1.165) is 11.1 Å². The topological polar surface area (TPSA) is 117 Å². The van der Waals surface area contributed by atoms with Gasteiger partial charge in [-0.3, -0.25) is 4.79 Å². The molecule has 1 atom stereocenters. The van der Waals surface area contributed by atoms with Crippen molar-refractivity contribution in [2.75, 3.05) is 7.11 Å². The van der Waals surface area contributed by atoms with Crippen molar-refractivity contribution in [2.45, 2.75) is 12.5 Å². The second kappa shape index (κ2) is 9.24. The fraction of sp³-hybridized carbons (Fsp3) is 0.158. The van der Waals surface area contributed by atoms with Gasteiger partial charge in [0, 0.05) is 6.21 Å². The van der Waals surface area contributed by atoms with Gasteiger partial charge in [-0.1, -0.05) is 24.3 Å². The molecule has 0 fully saturated rings. The number of nitrogens with zero attached hydrogens (tertiary/aromatic N) is 1. The summed E-state index contributed by atoms with van der Waals surface area (Å²) in [5.41, 5.74) is 9.86. The number of hydrazone groups is 1. The molecule has 136 valence electrons. The molecular formula is C19H21N3O4. The third-order valence-electron chi connectivity index (χ3n) is 3.56. The van der Waals surface area contributed by atoms with Crippen LogP contribution in [0.5, 0.6) is 17.2 Å². The zero-order valence-electron chi connectivity index (χ0n) is 14.3. The Balaban J connectivity index is 1.83. The molecule has 0 saturated carbocycles. The number of aromatic hydroxyl groups is 2. The van der Waals surface area contributed by atoms with Crippen LogP contribution in [-0.4, -0.2) is 35.5 Å². The van der Waals surface area contributed by atoms with Crippen LogP contribution in [0, 0.1) is 0 Å². The molecular weight excluding hydrogens is 334 g/mol. The van der Waals surface area contributed by atoms with Gasteiger partial charge in [-0.25, -0.2) is 5.43 Å². The van der Waals surface area contributed by atoms with Gasteiger partial charge in [-0.15, -0.1) is 0 Å². The maximum absolute atomic E-state index is 11.9. The Morgan fingerprint density at radius 2 is 2.00 bits per heavy atom. The molecule has 0 aliphatic heterocycles. The van der Waals surface area contributed by atoms with Crippen LogP contribution >= 0.6 is 0 Å². The molecule has 5 N–H and O–H groups in total. The van der Waals surface area contributed by atoms with Crippen molar-refractivity contribution in [3.05, 3.63) is 59.7 Å². The van der Waals surface area contributed by atoms with Crippen LogP contribution in [0.4, 0.5) is 0 Å². The number of carbonyl (C=O) groups excluding carboxylic acids is 1. The van der Waals surface area contributed by atoms with Crippen molar-refractivity contribution < 1.29 is 19.7 Å². The fourth-order valence-electron chi connectivity index (χ4n) is 2.16. The lowest BCUT2D eigenvalue weighted by Crippen LogP contribution is -2.39. The van der Waals surface area contributed by atoms with E-state index in [1.54, 1.807) is 48.6 Å². The van der Waals surface area contributed by atoms with Crippen molar-refractivity contribution in [1.29, 1.82) is 0 Å². The lowest BCUT2D eigenvalue weighted by atomic mass is 10.1. The highest BCUT2D eigenvalue weighted by atomic mass is 16.5. The summed E-state index contributed by atoms with van der Waals surface area (Å²) < 4.78 is 5.02. The predicted molar refractivity (Wildman–Crippen MR) is 100 cm³/mol. The first-order chi connectivity index (χ1) is 12.5. The average molecular weight is 355 g/mol. The number of amides is 1. The number of allylic oxidation sites excluding steroid dienone is 1. The Bertz CT molecular complexity index is 801. The maximum atomic E-state index is 11.9. The zero-order chi connectivity index (χ0) is 18.9. The van der Waals surface area contributed by atoms with Gasteiger partial charge in [0.1, 0.15) is 5.75 Å². The molecule has 7 heteroatoms. The molecule has 0 aliphatic rings. The number of rotatable bonds is 7. The van der Waals surface area contributed by atoms with Crippen LogP contribution in [-0.2, 0) is 11.2 Å². The molecule has 0 aromatic heterocycles. The molecule has 2 aromatic rings. The first-order valence-corrected chi connectivity index (χ1v) is 7.89. The lowest BCUT2D eigenvalue weighted by molar-refractivity contribution is -0.122. The molecule has 1 amide bonds. The van der Waals surface area contributed by atoms with E-state index >= 15 is 0 Å². The monoisotopic (exact) mass is 355 g/mol. The first-order valence-electron chi connectivity index (χ1n) is 7.89. The summed E-state index contributed by atoms with van der Waals surface area (Å²) in [4.78, 5) is 11.9. The normalized spacial score (nSPS) is 12.4. The molecule has 0 spiro atoms. The summed E-state index contributed by atoms with van der Waals surface area (Å²) in [6.07, 6.45) is 5.14. The van der Waals surface area contributed by atoms with Crippen LogP contribution in [0.15, 0.2) is 53.6 Å². The van der Waals surface area contributed by atoms with E-state index in [-0.39, 0.29) is 11.5 Å². The second-order valence-electron chi connectivity index (χ2n) is 5.52. The molecule has 2 rings (SSSR count). The third-order valence-corrected chi connectivity index (χ3v) is 3.56. The molecule has 2 aromatic carbocycles. The van der Waals surface area contributed by atoms with Gasteiger partial charge in [-0.2, -0.15) is 5.10 Å². The van der Waals surface area contributed by atoms with E-state index in [9.17, 15) is 15.0 Å². The number of carbonyl (C=O) groups is 1. The standard InChI is InChI=1S/C19H21N3O4/c1-26-18-12-13(6-9-17(18)24)3-2-10-21-22-19(25)16(20)11-14-4-7-15(23)8-5-14/h2-10,12,16,23-24H,11,20H2,1H3,(H,22,25)/b3-2+,21-10+. The van der Waals surface area contributed by atoms with Gasteiger partial charge >= 0.3 is 0 Å². The van der Waals surface area contributed by atoms with Crippen LogP contribution in [0.2, 0.25) is 0 Å². The minimum absolute atomic E-state index is 0.0631. The van der Waals surface area contributed by atoms with Crippen LogP contribution < -0.4 is 15.9 Å². The fourth-order valence-corrected chi connectivity index (χ4v) is 2.16. The summed E-state index contributed by atoms with van der Waals surface area (Å²) >= 11 is 0. The molecule has 26 heavy (non-hydrogen) atoms. The van der Waals surface area contributed by atoms with E-state index in [4.69, 9.17) is 10.5 Å². The van der Waals surface area contributed by atoms with Crippen molar-refractivity contribution in [2.24, 2.45) is 10.8 Å². The Kier molecular flexibility index (Phi) is 6.75. The Morgan fingerprint density at radius 3 is 2.69 bits per heavy atom. The highest BCUT2D eigenvalue weighted by Crippen LogP contribution is 2.26. The minimum atomic E-state index is -0.748. The van der Waals surface area contributed by atoms with Gasteiger partial charge < -0.3 is 20.7 Å². The van der Waals surface area contributed by atoms with E-state index < -0.39 is 11.9 Å². The van der Waals surface area contributed by atoms with Crippen LogP contribution in [0.1, 0.15) is 11.1 Å². The summed E-state index contributed by atoms with van der Waals surface area (Å²) in [5.74, 6) is 0.189. The van der Waals surface area contributed by atoms with E-state index in [0.29, 0.717) is 12.2 Å². The molecule has 7 nitrogen and oxygen atoms in total. The number of ether oxygens (including phenoxy) is 1. The highest BCUT2D eigenvalue weighted by molar-refractivity contribution is 5.84. The van der Waals surface area contributed by atoms with Crippen molar-refractivity contribution in [1.82, 2.24) is 5.43 Å². The lowest BCUT2D eigenvalue weighted by Gasteiger charge is -2.09. The average Bonchev–Trinajstić information content (AvgIpc) is 2.64. The molecule has 0 aliphatic carbocycles. The number of methoxy groups -OCH3 is 1. The van der Waals surface area contributed by atoms with Gasteiger partial charge in [-0.05, 0) is 47.9 Å².